The fourth-order valence-electron chi connectivity index (χ4n) is 4.55. The summed E-state index contributed by atoms with van der Waals surface area (Å²) in [6.07, 6.45) is 3.46. The summed E-state index contributed by atoms with van der Waals surface area (Å²) in [6.45, 7) is 4.81. The number of rotatable bonds is 5. The maximum absolute atomic E-state index is 10.7. The number of hydrogen-bond donors (Lipinski definition) is 2. The molecule has 2 N–H and O–H groups in total. The van der Waals surface area contributed by atoms with E-state index in [1.165, 1.54) is 0 Å². The standard InChI is InChI=1S/C25H23ClN4O2S/c1-15-12-19(16(2)29(15)14-18-6-5-11-32-18)24-23(20-7-3-4-10-27-20)28-25(33)30(24)21-13-17(26)8-9-22(21)31/h3-13,23-24,31H,14H2,1-2H3,(H,28,33)/t23-,24+/m1/s1. The van der Waals surface area contributed by atoms with E-state index in [4.69, 9.17) is 28.2 Å². The molecule has 2 atom stereocenters. The van der Waals surface area contributed by atoms with Gasteiger partial charge in [0.2, 0.25) is 0 Å². The van der Waals surface area contributed by atoms with Crippen molar-refractivity contribution in [1.29, 1.82) is 0 Å². The number of phenols is 1. The number of nitrogens with zero attached hydrogens (tertiary/aromatic N) is 3. The highest BCUT2D eigenvalue weighted by Crippen LogP contribution is 2.46. The lowest BCUT2D eigenvalue weighted by Crippen LogP contribution is -2.29. The first-order valence-corrected chi connectivity index (χ1v) is 11.4. The van der Waals surface area contributed by atoms with Gasteiger partial charge >= 0.3 is 0 Å². The van der Waals surface area contributed by atoms with Crippen molar-refractivity contribution in [2.24, 2.45) is 0 Å². The van der Waals surface area contributed by atoms with Gasteiger partial charge in [0.1, 0.15) is 11.5 Å². The number of halogens is 1. The average Bonchev–Trinajstić information content (AvgIpc) is 3.51. The molecule has 0 spiro atoms. The molecule has 5 rings (SSSR count). The minimum absolute atomic E-state index is 0.111. The van der Waals surface area contributed by atoms with Crippen LogP contribution >= 0.6 is 23.8 Å². The van der Waals surface area contributed by atoms with Gasteiger partial charge in [0, 0.05) is 22.6 Å². The number of pyridine rings is 1. The van der Waals surface area contributed by atoms with E-state index < -0.39 is 0 Å². The maximum atomic E-state index is 10.7. The molecule has 1 saturated heterocycles. The number of anilines is 1. The second-order valence-corrected chi connectivity index (χ2v) is 8.94. The van der Waals surface area contributed by atoms with Crippen LogP contribution in [0.2, 0.25) is 5.02 Å². The number of benzene rings is 1. The predicted molar refractivity (Wildman–Crippen MR) is 133 cm³/mol. The lowest BCUT2D eigenvalue weighted by molar-refractivity contribution is 0.472. The van der Waals surface area contributed by atoms with Crippen LogP contribution in [0.15, 0.2) is 71.5 Å². The minimum atomic E-state index is -0.242. The Morgan fingerprint density at radius 2 is 2.00 bits per heavy atom. The molecule has 0 unspecified atom stereocenters. The molecular formula is C25H23ClN4O2S. The molecule has 1 aliphatic rings. The lowest BCUT2D eigenvalue weighted by Gasteiger charge is -2.28. The van der Waals surface area contributed by atoms with Crippen molar-refractivity contribution in [3.8, 4) is 5.75 Å². The van der Waals surface area contributed by atoms with E-state index in [2.05, 4.69) is 34.8 Å². The fraction of sp³-hybridized carbons (Fsp3) is 0.200. The Kier molecular flexibility index (Phi) is 5.60. The molecule has 1 fully saturated rings. The van der Waals surface area contributed by atoms with Gasteiger partial charge in [-0.3, -0.25) is 4.98 Å². The van der Waals surface area contributed by atoms with Gasteiger partial charge in [0.05, 0.1) is 36.3 Å². The highest BCUT2D eigenvalue weighted by atomic mass is 35.5. The van der Waals surface area contributed by atoms with Crippen molar-refractivity contribution in [3.05, 3.63) is 100 Å². The number of aromatic nitrogens is 2. The fourth-order valence-corrected chi connectivity index (χ4v) is 5.05. The van der Waals surface area contributed by atoms with Crippen LogP contribution in [0.4, 0.5) is 5.69 Å². The van der Waals surface area contributed by atoms with Crippen LogP contribution in [0.5, 0.6) is 5.75 Å². The zero-order valence-electron chi connectivity index (χ0n) is 18.2. The van der Waals surface area contributed by atoms with Crippen LogP contribution in [-0.4, -0.2) is 19.8 Å². The van der Waals surface area contributed by atoms with Gasteiger partial charge < -0.3 is 24.3 Å². The van der Waals surface area contributed by atoms with E-state index in [1.807, 2.05) is 35.2 Å². The third kappa shape index (κ3) is 3.87. The van der Waals surface area contributed by atoms with Gasteiger partial charge in [-0.2, -0.15) is 0 Å². The number of aromatic hydroxyl groups is 1. The zero-order chi connectivity index (χ0) is 23.1. The number of nitrogens with one attached hydrogen (secondary N) is 1. The highest BCUT2D eigenvalue weighted by molar-refractivity contribution is 7.80. The van der Waals surface area contributed by atoms with Gasteiger partial charge in [0.25, 0.3) is 0 Å². The van der Waals surface area contributed by atoms with Crippen molar-refractivity contribution >= 4 is 34.6 Å². The summed E-state index contributed by atoms with van der Waals surface area (Å²) in [5.74, 6) is 0.994. The van der Waals surface area contributed by atoms with Gasteiger partial charge in [-0.25, -0.2) is 0 Å². The molecular weight excluding hydrogens is 456 g/mol. The molecule has 33 heavy (non-hydrogen) atoms. The topological polar surface area (TPSA) is 66.5 Å². The smallest absolute Gasteiger partial charge is 0.174 e. The summed E-state index contributed by atoms with van der Waals surface area (Å²) in [4.78, 5) is 6.54. The first-order chi connectivity index (χ1) is 15.9. The second kappa shape index (κ2) is 8.57. The molecule has 4 aromatic rings. The molecule has 1 aliphatic heterocycles. The van der Waals surface area contributed by atoms with E-state index in [1.54, 1.807) is 30.7 Å². The Labute approximate surface area is 202 Å². The predicted octanol–water partition coefficient (Wildman–Crippen LogP) is 5.68. The van der Waals surface area contributed by atoms with Crippen LogP contribution < -0.4 is 10.2 Å². The van der Waals surface area contributed by atoms with Gasteiger partial charge in [0.15, 0.2) is 5.11 Å². The Morgan fingerprint density at radius 3 is 2.73 bits per heavy atom. The minimum Gasteiger partial charge on any atom is -0.506 e. The maximum Gasteiger partial charge on any atom is 0.174 e. The Balaban J connectivity index is 1.66. The molecule has 8 heteroatoms. The van der Waals surface area contributed by atoms with Crippen LogP contribution in [-0.2, 0) is 6.54 Å². The molecule has 0 amide bonds. The second-order valence-electron chi connectivity index (χ2n) is 8.12. The van der Waals surface area contributed by atoms with E-state index >= 15 is 0 Å². The Hall–Kier alpha value is -3.29. The van der Waals surface area contributed by atoms with Gasteiger partial charge in [-0.05, 0) is 80.2 Å². The monoisotopic (exact) mass is 478 g/mol. The van der Waals surface area contributed by atoms with Crippen molar-refractivity contribution < 1.29 is 9.52 Å². The molecule has 4 heterocycles. The summed E-state index contributed by atoms with van der Waals surface area (Å²) in [7, 11) is 0. The Bertz CT molecular complexity index is 1300. The molecule has 0 bridgehead atoms. The third-order valence-electron chi connectivity index (χ3n) is 6.12. The lowest BCUT2D eigenvalue weighted by atomic mass is 9.96. The largest absolute Gasteiger partial charge is 0.506 e. The number of phenolic OH excluding ortho intramolecular Hbond substituents is 1. The molecule has 6 nitrogen and oxygen atoms in total. The Morgan fingerprint density at radius 1 is 1.15 bits per heavy atom. The number of aryl methyl sites for hydroxylation is 1. The van der Waals surface area contributed by atoms with Crippen molar-refractivity contribution in [3.63, 3.8) is 0 Å². The summed E-state index contributed by atoms with van der Waals surface area (Å²) in [5, 5.41) is 15.2. The van der Waals surface area contributed by atoms with Crippen molar-refractivity contribution in [1.82, 2.24) is 14.9 Å². The van der Waals surface area contributed by atoms with Gasteiger partial charge in [-0.1, -0.05) is 17.7 Å². The molecule has 0 aliphatic carbocycles. The number of furan rings is 1. The zero-order valence-corrected chi connectivity index (χ0v) is 19.8. The quantitative estimate of drug-likeness (QED) is 0.360. The van der Waals surface area contributed by atoms with Crippen LogP contribution in [0.3, 0.4) is 0 Å². The normalized spacial score (nSPS) is 18.0. The summed E-state index contributed by atoms with van der Waals surface area (Å²) in [5.41, 5.74) is 4.70. The van der Waals surface area contributed by atoms with E-state index in [0.29, 0.717) is 22.4 Å². The summed E-state index contributed by atoms with van der Waals surface area (Å²) < 4.78 is 7.81. The van der Waals surface area contributed by atoms with Crippen molar-refractivity contribution in [2.45, 2.75) is 32.5 Å². The molecule has 3 aromatic heterocycles. The average molecular weight is 479 g/mol. The van der Waals surface area contributed by atoms with E-state index in [-0.39, 0.29) is 17.8 Å². The molecule has 168 valence electrons. The summed E-state index contributed by atoms with van der Waals surface area (Å²) >= 11 is 12.1. The van der Waals surface area contributed by atoms with Crippen LogP contribution in [0.1, 0.15) is 40.5 Å². The molecule has 0 radical (unpaired) electrons. The van der Waals surface area contributed by atoms with Crippen LogP contribution in [0, 0.1) is 13.8 Å². The van der Waals surface area contributed by atoms with E-state index in [9.17, 15) is 5.11 Å². The summed E-state index contributed by atoms with van der Waals surface area (Å²) in [6, 6.07) is 16.4. The van der Waals surface area contributed by atoms with Crippen molar-refractivity contribution in [2.75, 3.05) is 4.90 Å². The third-order valence-corrected chi connectivity index (χ3v) is 6.67. The number of hydrogen-bond acceptors (Lipinski definition) is 4. The first kappa shape index (κ1) is 21.6. The SMILES string of the molecule is Cc1cc([C@H]2[C@@H](c3ccccn3)NC(=S)N2c2cc(Cl)ccc2O)c(C)n1Cc1ccco1. The highest BCUT2D eigenvalue weighted by Gasteiger charge is 2.43. The first-order valence-electron chi connectivity index (χ1n) is 10.6. The molecule has 0 saturated carbocycles. The van der Waals surface area contributed by atoms with Gasteiger partial charge in [-0.15, -0.1) is 0 Å². The number of thiocarbonyl (C=S) groups is 1. The van der Waals surface area contributed by atoms with E-state index in [0.717, 1.165) is 28.4 Å². The molecule has 1 aromatic carbocycles. The van der Waals surface area contributed by atoms with Crippen LogP contribution in [0.25, 0.3) is 0 Å².